The average molecular weight is 793 g/mol. The second kappa shape index (κ2) is 13.6. The smallest absolute Gasteiger partial charge is 0.136 e. The maximum Gasteiger partial charge on any atom is 0.136 e. The van der Waals surface area contributed by atoms with Gasteiger partial charge >= 0.3 is 0 Å². The number of anilines is 3. The van der Waals surface area contributed by atoms with Gasteiger partial charge in [-0.3, -0.25) is 0 Å². The molecule has 62 heavy (non-hydrogen) atoms. The van der Waals surface area contributed by atoms with E-state index in [4.69, 9.17) is 8.83 Å². The highest BCUT2D eigenvalue weighted by Gasteiger charge is 2.22. The van der Waals surface area contributed by atoms with Gasteiger partial charge in [0.05, 0.1) is 16.7 Å². The van der Waals surface area contributed by atoms with E-state index in [0.29, 0.717) is 0 Å². The maximum atomic E-state index is 6.59. The van der Waals surface area contributed by atoms with Crippen LogP contribution in [0, 0.1) is 0 Å². The van der Waals surface area contributed by atoms with Gasteiger partial charge < -0.3 is 18.3 Å². The molecule has 290 valence electrons. The van der Waals surface area contributed by atoms with Gasteiger partial charge in [-0.25, -0.2) is 0 Å². The van der Waals surface area contributed by atoms with Gasteiger partial charge in [0.15, 0.2) is 0 Å². The number of aromatic nitrogens is 1. The van der Waals surface area contributed by atoms with Crippen LogP contribution in [0.3, 0.4) is 0 Å². The van der Waals surface area contributed by atoms with Crippen molar-refractivity contribution in [1.82, 2.24) is 4.57 Å². The lowest BCUT2D eigenvalue weighted by molar-refractivity contribution is 0.669. The molecule has 0 spiro atoms. The normalized spacial score (nSPS) is 11.9. The minimum Gasteiger partial charge on any atom is -0.456 e. The Balaban J connectivity index is 1.00. The first-order chi connectivity index (χ1) is 30.7. The molecule has 0 N–H and O–H groups in total. The van der Waals surface area contributed by atoms with E-state index in [1.54, 1.807) is 0 Å². The van der Waals surface area contributed by atoms with Crippen molar-refractivity contribution in [3.63, 3.8) is 0 Å². The largest absolute Gasteiger partial charge is 0.456 e. The van der Waals surface area contributed by atoms with E-state index >= 15 is 0 Å². The van der Waals surface area contributed by atoms with E-state index in [1.807, 2.05) is 12.1 Å². The molecular formula is C58H36N2O2. The number of nitrogens with zero attached hydrogens (tertiary/aromatic N) is 2. The van der Waals surface area contributed by atoms with Crippen LogP contribution in [-0.2, 0) is 0 Å². The molecule has 0 radical (unpaired) electrons. The van der Waals surface area contributed by atoms with Crippen LogP contribution in [-0.4, -0.2) is 4.57 Å². The molecule has 0 aliphatic carbocycles. The molecule has 0 aliphatic heterocycles. The van der Waals surface area contributed by atoms with Gasteiger partial charge in [0, 0.05) is 54.9 Å². The molecule has 4 nitrogen and oxygen atoms in total. The molecule has 0 atom stereocenters. The van der Waals surface area contributed by atoms with Crippen molar-refractivity contribution in [2.24, 2.45) is 0 Å². The average Bonchev–Trinajstić information content (AvgIpc) is 4.01. The SMILES string of the molecule is c1ccc(N(c2ccc(-c3cccc4oc5ccccc5c34)cc2)c2ccc(-n3c4ccccc4c4ccccc43)cc2)c(-c2cccc3oc4cc5ccccc5cc4c23)c1. The summed E-state index contributed by atoms with van der Waals surface area (Å²) in [7, 11) is 0. The van der Waals surface area contributed by atoms with Crippen molar-refractivity contribution < 1.29 is 8.83 Å². The molecule has 0 saturated heterocycles. The predicted molar refractivity (Wildman–Crippen MR) is 258 cm³/mol. The topological polar surface area (TPSA) is 34.5 Å². The third kappa shape index (κ3) is 5.27. The Hall–Kier alpha value is -8.34. The second-order valence-corrected chi connectivity index (χ2v) is 16.0. The molecule has 3 heterocycles. The maximum absolute atomic E-state index is 6.59. The molecule has 0 saturated carbocycles. The van der Waals surface area contributed by atoms with E-state index in [-0.39, 0.29) is 0 Å². The van der Waals surface area contributed by atoms with Crippen LogP contribution in [0.5, 0.6) is 0 Å². The van der Waals surface area contributed by atoms with Crippen molar-refractivity contribution in [2.45, 2.75) is 0 Å². The molecule has 0 aliphatic rings. The van der Waals surface area contributed by atoms with E-state index in [1.165, 1.54) is 27.2 Å². The Morgan fingerprint density at radius 2 is 0.855 bits per heavy atom. The van der Waals surface area contributed by atoms with Crippen LogP contribution in [0.15, 0.2) is 227 Å². The molecule has 13 aromatic rings. The number of rotatable bonds is 6. The first kappa shape index (κ1) is 34.5. The number of benzene rings is 10. The molecule has 13 rings (SSSR count). The Morgan fingerprint density at radius 3 is 1.58 bits per heavy atom. The van der Waals surface area contributed by atoms with Crippen molar-refractivity contribution >= 4 is 93.5 Å². The van der Waals surface area contributed by atoms with Crippen LogP contribution >= 0.6 is 0 Å². The van der Waals surface area contributed by atoms with Gasteiger partial charge in [-0.1, -0.05) is 133 Å². The Labute approximate surface area is 356 Å². The van der Waals surface area contributed by atoms with E-state index in [0.717, 1.165) is 94.3 Å². The van der Waals surface area contributed by atoms with Crippen molar-refractivity contribution in [2.75, 3.05) is 4.90 Å². The summed E-state index contributed by atoms with van der Waals surface area (Å²) in [5.74, 6) is 0. The van der Waals surface area contributed by atoms with Crippen molar-refractivity contribution in [1.29, 1.82) is 0 Å². The van der Waals surface area contributed by atoms with Gasteiger partial charge in [-0.2, -0.15) is 0 Å². The molecule has 0 amide bonds. The molecular weight excluding hydrogens is 757 g/mol. The van der Waals surface area contributed by atoms with Gasteiger partial charge in [0.1, 0.15) is 22.3 Å². The quantitative estimate of drug-likeness (QED) is 0.168. The summed E-state index contributed by atoms with van der Waals surface area (Å²) >= 11 is 0. The molecule has 10 aromatic carbocycles. The van der Waals surface area contributed by atoms with Crippen LogP contribution in [0.25, 0.3) is 104 Å². The first-order valence-corrected chi connectivity index (χ1v) is 21.1. The summed E-state index contributed by atoms with van der Waals surface area (Å²) in [6, 6.07) is 78.0. The zero-order valence-electron chi connectivity index (χ0n) is 33.5. The summed E-state index contributed by atoms with van der Waals surface area (Å²) in [6.07, 6.45) is 0. The van der Waals surface area contributed by atoms with Crippen molar-refractivity contribution in [3.8, 4) is 27.9 Å². The highest BCUT2D eigenvalue weighted by Crippen LogP contribution is 2.46. The zero-order chi connectivity index (χ0) is 40.7. The lowest BCUT2D eigenvalue weighted by Crippen LogP contribution is -2.11. The zero-order valence-corrected chi connectivity index (χ0v) is 33.5. The second-order valence-electron chi connectivity index (χ2n) is 16.0. The Morgan fingerprint density at radius 1 is 0.339 bits per heavy atom. The molecule has 3 aromatic heterocycles. The van der Waals surface area contributed by atoms with Crippen molar-refractivity contribution in [3.05, 3.63) is 218 Å². The number of fused-ring (bicyclic) bond motifs is 10. The summed E-state index contributed by atoms with van der Waals surface area (Å²) in [5, 5.41) is 9.32. The van der Waals surface area contributed by atoms with E-state index in [9.17, 15) is 0 Å². The monoisotopic (exact) mass is 792 g/mol. The molecule has 0 fully saturated rings. The van der Waals surface area contributed by atoms with Crippen LogP contribution in [0.2, 0.25) is 0 Å². The minimum atomic E-state index is 0.870. The standard InChI is InChI=1S/C58H36N2O2/c1-2-14-39-36-56-49(35-38(39)13-1)58-47(20-12-26-55(58)62-56)46-17-5-7-21-50(46)59(40-29-27-37(28-30-40)43-19-11-25-54-57(43)48-18-6-10-24-53(48)61-54)41-31-33-42(34-32-41)60-51-22-8-3-15-44(51)45-16-4-9-23-52(45)60/h1-36H. The number of furan rings is 2. The number of hydrogen-bond donors (Lipinski definition) is 0. The van der Waals surface area contributed by atoms with Gasteiger partial charge in [0.2, 0.25) is 0 Å². The van der Waals surface area contributed by atoms with E-state index in [2.05, 4.69) is 216 Å². The lowest BCUT2D eigenvalue weighted by atomic mass is 9.96. The fraction of sp³-hybridized carbons (Fsp3) is 0. The van der Waals surface area contributed by atoms with Gasteiger partial charge in [-0.05, 0) is 112 Å². The third-order valence-electron chi connectivity index (χ3n) is 12.6. The predicted octanol–water partition coefficient (Wildman–Crippen LogP) is 16.5. The van der Waals surface area contributed by atoms with Crippen LogP contribution in [0.1, 0.15) is 0 Å². The lowest BCUT2D eigenvalue weighted by Gasteiger charge is -2.28. The number of hydrogen-bond acceptors (Lipinski definition) is 3. The fourth-order valence-corrected chi connectivity index (χ4v) is 9.82. The van der Waals surface area contributed by atoms with E-state index < -0.39 is 0 Å². The van der Waals surface area contributed by atoms with Crippen LogP contribution < -0.4 is 4.90 Å². The Kier molecular flexibility index (Phi) is 7.57. The highest BCUT2D eigenvalue weighted by atomic mass is 16.3. The minimum absolute atomic E-state index is 0.870. The molecule has 4 heteroatoms. The molecule has 0 unspecified atom stereocenters. The van der Waals surface area contributed by atoms with Gasteiger partial charge in [0.25, 0.3) is 0 Å². The van der Waals surface area contributed by atoms with Crippen LogP contribution in [0.4, 0.5) is 17.1 Å². The fourth-order valence-electron chi connectivity index (χ4n) is 9.82. The highest BCUT2D eigenvalue weighted by molar-refractivity contribution is 6.17. The number of para-hydroxylation sites is 4. The first-order valence-electron chi connectivity index (χ1n) is 21.1. The Bertz CT molecular complexity index is 3810. The van der Waals surface area contributed by atoms with Gasteiger partial charge in [-0.15, -0.1) is 0 Å². The molecule has 0 bridgehead atoms. The third-order valence-corrected chi connectivity index (χ3v) is 12.6. The summed E-state index contributed by atoms with van der Waals surface area (Å²) in [6.45, 7) is 0. The summed E-state index contributed by atoms with van der Waals surface area (Å²) in [5.41, 5.74) is 14.7. The summed E-state index contributed by atoms with van der Waals surface area (Å²) < 4.78 is 15.2. The summed E-state index contributed by atoms with van der Waals surface area (Å²) in [4.78, 5) is 2.39.